The zero-order valence-electron chi connectivity index (χ0n) is 10.7. The van der Waals surface area contributed by atoms with E-state index in [1.54, 1.807) is 18.2 Å². The van der Waals surface area contributed by atoms with E-state index in [2.05, 4.69) is 19.2 Å². The molecule has 0 spiro atoms. The third-order valence-corrected chi connectivity index (χ3v) is 4.73. The van der Waals surface area contributed by atoms with Crippen LogP contribution in [0.1, 0.15) is 26.7 Å². The summed E-state index contributed by atoms with van der Waals surface area (Å²) in [5, 5.41) is 4.46. The molecule has 0 aromatic heterocycles. The zero-order chi connectivity index (χ0) is 13.5. The van der Waals surface area contributed by atoms with Crippen molar-refractivity contribution in [2.75, 3.05) is 12.3 Å². The molecule has 0 aliphatic rings. The Bertz CT molecular complexity index is 412. The van der Waals surface area contributed by atoms with Gasteiger partial charge in [-0.1, -0.05) is 30.1 Å². The normalized spacial score (nSPS) is 14.4. The molecule has 5 heteroatoms. The number of nitrogens with one attached hydrogen (secondary N) is 1. The van der Waals surface area contributed by atoms with Crippen molar-refractivity contribution >= 4 is 34.0 Å². The quantitative estimate of drug-likeness (QED) is 0.828. The molecule has 18 heavy (non-hydrogen) atoms. The van der Waals surface area contributed by atoms with Crippen molar-refractivity contribution in [2.24, 2.45) is 0 Å². The van der Waals surface area contributed by atoms with E-state index >= 15 is 0 Å². The molecule has 0 bridgehead atoms. The minimum atomic E-state index is -1.09. The van der Waals surface area contributed by atoms with E-state index in [0.29, 0.717) is 26.7 Å². The summed E-state index contributed by atoms with van der Waals surface area (Å²) in [6, 6.07) is 5.45. The van der Waals surface area contributed by atoms with Crippen LogP contribution in [0.5, 0.6) is 0 Å². The Labute approximate surface area is 122 Å². The maximum atomic E-state index is 12.1. The predicted octanol–water partition coefficient (Wildman–Crippen LogP) is 3.88. The number of hydrogen-bond donors (Lipinski definition) is 1. The van der Waals surface area contributed by atoms with Crippen LogP contribution < -0.4 is 5.32 Å². The van der Waals surface area contributed by atoms with E-state index in [1.807, 2.05) is 0 Å². The monoisotopic (exact) mass is 307 g/mol. The molecule has 0 aliphatic carbocycles. The molecule has 1 N–H and O–H groups in total. The smallest absolute Gasteiger partial charge is 0.0589 e. The van der Waals surface area contributed by atoms with Crippen LogP contribution in [0, 0.1) is 0 Å². The molecule has 0 radical (unpaired) electrons. The number of halogens is 2. The van der Waals surface area contributed by atoms with Crippen molar-refractivity contribution in [3.8, 4) is 0 Å². The Kier molecular flexibility index (Phi) is 7.23. The van der Waals surface area contributed by atoms with Crippen molar-refractivity contribution in [2.45, 2.75) is 37.6 Å². The maximum absolute atomic E-state index is 12.1. The second-order valence-electron chi connectivity index (χ2n) is 4.27. The SMILES string of the molecule is CCCNC(C)CCS(=O)c1cc(Cl)ccc1Cl. The van der Waals surface area contributed by atoms with E-state index in [9.17, 15) is 4.21 Å². The van der Waals surface area contributed by atoms with E-state index in [1.165, 1.54) is 0 Å². The van der Waals surface area contributed by atoms with Crippen LogP contribution in [0.25, 0.3) is 0 Å². The molecule has 1 aromatic carbocycles. The topological polar surface area (TPSA) is 29.1 Å². The highest BCUT2D eigenvalue weighted by Crippen LogP contribution is 2.24. The number of rotatable bonds is 7. The van der Waals surface area contributed by atoms with Gasteiger partial charge in [0.25, 0.3) is 0 Å². The molecule has 2 atom stereocenters. The first-order valence-electron chi connectivity index (χ1n) is 6.11. The van der Waals surface area contributed by atoms with E-state index in [-0.39, 0.29) is 0 Å². The summed E-state index contributed by atoms with van der Waals surface area (Å²) >= 11 is 11.9. The summed E-state index contributed by atoms with van der Waals surface area (Å²) in [6.07, 6.45) is 1.96. The van der Waals surface area contributed by atoms with Gasteiger partial charge in [-0.05, 0) is 44.5 Å². The third-order valence-electron chi connectivity index (χ3n) is 2.62. The Hall–Kier alpha value is -0.0900. The Morgan fingerprint density at radius 3 is 2.78 bits per heavy atom. The van der Waals surface area contributed by atoms with Gasteiger partial charge in [0, 0.05) is 16.8 Å². The van der Waals surface area contributed by atoms with E-state index in [4.69, 9.17) is 23.2 Å². The Morgan fingerprint density at radius 1 is 1.39 bits per heavy atom. The standard InChI is InChI=1S/C13H19Cl2NOS/c1-3-7-16-10(2)6-8-18(17)13-9-11(14)4-5-12(13)15/h4-5,9-10,16H,3,6-8H2,1-2H3. The van der Waals surface area contributed by atoms with Crippen LogP contribution in [0.3, 0.4) is 0 Å². The fraction of sp³-hybridized carbons (Fsp3) is 0.538. The van der Waals surface area contributed by atoms with Crippen molar-refractivity contribution in [3.05, 3.63) is 28.2 Å². The molecule has 0 saturated carbocycles. The molecule has 2 unspecified atom stereocenters. The molecule has 0 amide bonds. The van der Waals surface area contributed by atoms with Gasteiger partial charge in [-0.25, -0.2) is 0 Å². The lowest BCUT2D eigenvalue weighted by molar-refractivity contribution is 0.533. The molecular weight excluding hydrogens is 289 g/mol. The largest absolute Gasteiger partial charge is 0.314 e. The Morgan fingerprint density at radius 2 is 2.11 bits per heavy atom. The van der Waals surface area contributed by atoms with Crippen LogP contribution in [-0.2, 0) is 10.8 Å². The molecule has 2 nitrogen and oxygen atoms in total. The molecule has 1 aromatic rings. The van der Waals surface area contributed by atoms with Crippen molar-refractivity contribution in [3.63, 3.8) is 0 Å². The average Bonchev–Trinajstić information content (AvgIpc) is 2.36. The van der Waals surface area contributed by atoms with Crippen molar-refractivity contribution < 1.29 is 4.21 Å². The fourth-order valence-corrected chi connectivity index (χ4v) is 3.48. The van der Waals surface area contributed by atoms with Crippen LogP contribution in [-0.4, -0.2) is 22.5 Å². The number of hydrogen-bond acceptors (Lipinski definition) is 2. The van der Waals surface area contributed by atoms with Crippen LogP contribution in [0.4, 0.5) is 0 Å². The maximum Gasteiger partial charge on any atom is 0.0589 e. The highest BCUT2D eigenvalue weighted by Gasteiger charge is 2.11. The van der Waals surface area contributed by atoms with Gasteiger partial charge in [-0.3, -0.25) is 4.21 Å². The van der Waals surface area contributed by atoms with E-state index in [0.717, 1.165) is 19.4 Å². The fourth-order valence-electron chi connectivity index (χ4n) is 1.54. The molecule has 0 saturated heterocycles. The molecule has 0 fully saturated rings. The van der Waals surface area contributed by atoms with Crippen molar-refractivity contribution in [1.82, 2.24) is 5.32 Å². The van der Waals surface area contributed by atoms with Crippen LogP contribution in [0.15, 0.2) is 23.1 Å². The number of benzene rings is 1. The summed E-state index contributed by atoms with van der Waals surface area (Å²) in [6.45, 7) is 5.22. The Balaban J connectivity index is 2.52. The van der Waals surface area contributed by atoms with Crippen molar-refractivity contribution in [1.29, 1.82) is 0 Å². The summed E-state index contributed by atoms with van der Waals surface area (Å²) in [7, 11) is -1.09. The van der Waals surface area contributed by atoms with Gasteiger partial charge in [-0.2, -0.15) is 0 Å². The molecule has 0 aliphatic heterocycles. The second-order valence-corrected chi connectivity index (χ2v) is 6.65. The van der Waals surface area contributed by atoms with E-state index < -0.39 is 10.8 Å². The molecular formula is C13H19Cl2NOS. The molecule has 1 rings (SSSR count). The summed E-state index contributed by atoms with van der Waals surface area (Å²) < 4.78 is 12.1. The summed E-state index contributed by atoms with van der Waals surface area (Å²) in [5.41, 5.74) is 0. The first-order valence-corrected chi connectivity index (χ1v) is 8.19. The highest BCUT2D eigenvalue weighted by atomic mass is 35.5. The average molecular weight is 308 g/mol. The van der Waals surface area contributed by atoms with Gasteiger partial charge in [-0.15, -0.1) is 0 Å². The second kappa shape index (κ2) is 8.16. The molecule has 102 valence electrons. The zero-order valence-corrected chi connectivity index (χ0v) is 13.0. The predicted molar refractivity (Wildman–Crippen MR) is 80.1 cm³/mol. The summed E-state index contributed by atoms with van der Waals surface area (Å²) in [5.74, 6) is 0.595. The molecule has 0 heterocycles. The van der Waals surface area contributed by atoms with Gasteiger partial charge >= 0.3 is 0 Å². The van der Waals surface area contributed by atoms with Gasteiger partial charge in [0.2, 0.25) is 0 Å². The lowest BCUT2D eigenvalue weighted by Gasteiger charge is -2.13. The minimum Gasteiger partial charge on any atom is -0.314 e. The minimum absolute atomic E-state index is 0.367. The van der Waals surface area contributed by atoms with Gasteiger partial charge in [0.15, 0.2) is 0 Å². The van der Waals surface area contributed by atoms with Crippen LogP contribution in [0.2, 0.25) is 10.0 Å². The lowest BCUT2D eigenvalue weighted by atomic mass is 10.2. The first-order chi connectivity index (χ1) is 8.54. The summed E-state index contributed by atoms with van der Waals surface area (Å²) in [4.78, 5) is 0.631. The third kappa shape index (κ3) is 5.27. The highest BCUT2D eigenvalue weighted by molar-refractivity contribution is 7.85. The van der Waals surface area contributed by atoms with Gasteiger partial charge in [0.1, 0.15) is 0 Å². The lowest BCUT2D eigenvalue weighted by Crippen LogP contribution is -2.28. The first kappa shape index (κ1) is 16.0. The van der Waals surface area contributed by atoms with Gasteiger partial charge in [0.05, 0.1) is 20.7 Å². The van der Waals surface area contributed by atoms with Crippen LogP contribution >= 0.6 is 23.2 Å². The van der Waals surface area contributed by atoms with Gasteiger partial charge < -0.3 is 5.32 Å².